The first-order chi connectivity index (χ1) is 8.10. The summed E-state index contributed by atoms with van der Waals surface area (Å²) >= 11 is 0. The van der Waals surface area contributed by atoms with Crippen molar-refractivity contribution in [1.29, 1.82) is 0 Å². The van der Waals surface area contributed by atoms with E-state index in [1.54, 1.807) is 25.1 Å². The Morgan fingerprint density at radius 3 is 2.76 bits per heavy atom. The van der Waals surface area contributed by atoms with Gasteiger partial charge in [0.1, 0.15) is 6.04 Å². The molecule has 0 radical (unpaired) electrons. The molecule has 0 bridgehead atoms. The molecule has 92 valence electrons. The zero-order chi connectivity index (χ0) is 12.8. The second kappa shape index (κ2) is 5.89. The van der Waals surface area contributed by atoms with E-state index in [0.717, 1.165) is 0 Å². The third-order valence-electron chi connectivity index (χ3n) is 2.23. The van der Waals surface area contributed by atoms with Gasteiger partial charge in [-0.25, -0.2) is 4.79 Å². The molecule has 0 spiro atoms. The monoisotopic (exact) mass is 237 g/mol. The van der Waals surface area contributed by atoms with Crippen molar-refractivity contribution >= 4 is 12.2 Å². The second-order valence-corrected chi connectivity index (χ2v) is 3.38. The number of esters is 1. The molecule has 0 aromatic heterocycles. The van der Waals surface area contributed by atoms with Gasteiger partial charge in [0, 0.05) is 11.8 Å². The van der Waals surface area contributed by atoms with Crippen LogP contribution in [-0.2, 0) is 9.53 Å². The Morgan fingerprint density at radius 1 is 1.47 bits per heavy atom. The molecule has 5 nitrogen and oxygen atoms in total. The van der Waals surface area contributed by atoms with Crippen LogP contribution in [0.1, 0.15) is 12.5 Å². The number of nitrogens with zero attached hydrogens (tertiary/aromatic N) is 1. The molecule has 0 aliphatic heterocycles. The molecule has 1 N–H and O–H groups in total. The van der Waals surface area contributed by atoms with E-state index in [4.69, 9.17) is 4.74 Å². The van der Waals surface area contributed by atoms with Crippen molar-refractivity contribution < 1.29 is 19.4 Å². The number of phenols is 1. The average Bonchev–Trinajstić information content (AvgIpc) is 2.36. The van der Waals surface area contributed by atoms with Crippen LogP contribution in [0.4, 0.5) is 0 Å². The van der Waals surface area contributed by atoms with Crippen LogP contribution in [0.15, 0.2) is 23.2 Å². The minimum absolute atomic E-state index is 0.00387. The van der Waals surface area contributed by atoms with E-state index >= 15 is 0 Å². The molecule has 5 heteroatoms. The fourth-order valence-corrected chi connectivity index (χ4v) is 1.23. The third kappa shape index (κ3) is 3.21. The van der Waals surface area contributed by atoms with Crippen molar-refractivity contribution in [2.75, 3.05) is 14.2 Å². The van der Waals surface area contributed by atoms with Crippen molar-refractivity contribution in [3.63, 3.8) is 0 Å². The number of phenolic OH excluding ortho intramolecular Hbond substituents is 1. The molecular formula is C12H15NO4. The molecule has 1 rings (SSSR count). The van der Waals surface area contributed by atoms with Gasteiger partial charge >= 0.3 is 5.97 Å². The lowest BCUT2D eigenvalue weighted by molar-refractivity contribution is -0.141. The van der Waals surface area contributed by atoms with Crippen LogP contribution in [0.25, 0.3) is 0 Å². The molecule has 1 aromatic rings. The lowest BCUT2D eigenvalue weighted by Crippen LogP contribution is -2.16. The number of methoxy groups -OCH3 is 2. The van der Waals surface area contributed by atoms with Gasteiger partial charge in [0.2, 0.25) is 0 Å². The fraction of sp³-hybridized carbons (Fsp3) is 0.333. The molecule has 0 aliphatic rings. The van der Waals surface area contributed by atoms with Gasteiger partial charge in [0.25, 0.3) is 0 Å². The van der Waals surface area contributed by atoms with Crippen molar-refractivity contribution in [2.24, 2.45) is 4.99 Å². The SMILES string of the molecule is COC(=O)[C@H](C)N=Cc1cccc(OC)c1O. The lowest BCUT2D eigenvalue weighted by Gasteiger charge is -2.06. The van der Waals surface area contributed by atoms with E-state index in [-0.39, 0.29) is 5.75 Å². The molecule has 0 heterocycles. The summed E-state index contributed by atoms with van der Waals surface area (Å²) < 4.78 is 9.49. The molecule has 0 fully saturated rings. The van der Waals surface area contributed by atoms with E-state index in [1.807, 2.05) is 0 Å². The van der Waals surface area contributed by atoms with Crippen LogP contribution in [0.2, 0.25) is 0 Å². The van der Waals surface area contributed by atoms with Gasteiger partial charge in [0.15, 0.2) is 11.5 Å². The number of benzene rings is 1. The van der Waals surface area contributed by atoms with E-state index < -0.39 is 12.0 Å². The predicted molar refractivity (Wildman–Crippen MR) is 63.7 cm³/mol. The molecule has 0 aliphatic carbocycles. The maximum Gasteiger partial charge on any atom is 0.330 e. The van der Waals surface area contributed by atoms with E-state index in [1.165, 1.54) is 20.4 Å². The Hall–Kier alpha value is -2.04. The van der Waals surface area contributed by atoms with E-state index in [2.05, 4.69) is 9.73 Å². The summed E-state index contributed by atoms with van der Waals surface area (Å²) in [6.07, 6.45) is 1.42. The minimum atomic E-state index is -0.606. The van der Waals surface area contributed by atoms with Crippen molar-refractivity contribution in [3.05, 3.63) is 23.8 Å². The smallest absolute Gasteiger partial charge is 0.330 e. The molecule has 0 unspecified atom stereocenters. The lowest BCUT2D eigenvalue weighted by atomic mass is 10.2. The van der Waals surface area contributed by atoms with Gasteiger partial charge in [-0.05, 0) is 19.1 Å². The average molecular weight is 237 g/mol. The molecular weight excluding hydrogens is 222 g/mol. The van der Waals surface area contributed by atoms with Crippen molar-refractivity contribution in [1.82, 2.24) is 0 Å². The number of aliphatic imine (C=N–C) groups is 1. The standard InChI is InChI=1S/C12H15NO4/c1-8(12(15)17-3)13-7-9-5-4-6-10(16-2)11(9)14/h4-8,14H,1-3H3/t8-/m0/s1. The summed E-state index contributed by atoms with van der Waals surface area (Å²) in [7, 11) is 2.77. The highest BCUT2D eigenvalue weighted by Crippen LogP contribution is 2.28. The number of carbonyl (C=O) groups excluding carboxylic acids is 1. The normalized spacial score (nSPS) is 12.4. The quantitative estimate of drug-likeness (QED) is 0.634. The summed E-state index contributed by atoms with van der Waals surface area (Å²) in [5.41, 5.74) is 0.486. The highest BCUT2D eigenvalue weighted by Gasteiger charge is 2.11. The van der Waals surface area contributed by atoms with E-state index in [9.17, 15) is 9.90 Å². The maximum atomic E-state index is 11.1. The van der Waals surface area contributed by atoms with Gasteiger partial charge in [-0.2, -0.15) is 0 Å². The van der Waals surface area contributed by atoms with Crippen molar-refractivity contribution in [2.45, 2.75) is 13.0 Å². The predicted octanol–water partition coefficient (Wildman–Crippen LogP) is 1.38. The summed E-state index contributed by atoms with van der Waals surface area (Å²) in [5.74, 6) is -0.0703. The summed E-state index contributed by atoms with van der Waals surface area (Å²) in [6.45, 7) is 1.61. The number of carbonyl (C=O) groups is 1. The highest BCUT2D eigenvalue weighted by molar-refractivity contribution is 5.87. The second-order valence-electron chi connectivity index (χ2n) is 3.38. The fourth-order valence-electron chi connectivity index (χ4n) is 1.23. The van der Waals surface area contributed by atoms with Gasteiger partial charge in [-0.15, -0.1) is 0 Å². The van der Waals surface area contributed by atoms with Crippen LogP contribution in [0.3, 0.4) is 0 Å². The van der Waals surface area contributed by atoms with Gasteiger partial charge in [0.05, 0.1) is 14.2 Å². The Morgan fingerprint density at radius 2 is 2.18 bits per heavy atom. The summed E-state index contributed by atoms with van der Waals surface area (Å²) in [6, 6.07) is 4.43. The molecule has 0 saturated heterocycles. The number of hydrogen-bond acceptors (Lipinski definition) is 5. The maximum absolute atomic E-state index is 11.1. The summed E-state index contributed by atoms with van der Waals surface area (Å²) in [4.78, 5) is 15.1. The first kappa shape index (κ1) is 13.0. The number of para-hydroxylation sites is 1. The largest absolute Gasteiger partial charge is 0.504 e. The molecule has 1 atom stereocenters. The van der Waals surface area contributed by atoms with Crippen LogP contribution in [0, 0.1) is 0 Å². The number of ether oxygens (including phenoxy) is 2. The number of hydrogen-bond donors (Lipinski definition) is 1. The highest BCUT2D eigenvalue weighted by atomic mass is 16.5. The zero-order valence-electron chi connectivity index (χ0n) is 10.0. The van der Waals surface area contributed by atoms with Crippen LogP contribution in [-0.4, -0.2) is 37.6 Å². The van der Waals surface area contributed by atoms with Gasteiger partial charge in [-0.3, -0.25) is 4.99 Å². The Kier molecular flexibility index (Phi) is 4.51. The number of rotatable bonds is 4. The van der Waals surface area contributed by atoms with Gasteiger partial charge < -0.3 is 14.6 Å². The Bertz CT molecular complexity index is 429. The van der Waals surface area contributed by atoms with Gasteiger partial charge in [-0.1, -0.05) is 6.07 Å². The molecule has 0 saturated carbocycles. The molecule has 17 heavy (non-hydrogen) atoms. The third-order valence-corrected chi connectivity index (χ3v) is 2.23. The van der Waals surface area contributed by atoms with Crippen LogP contribution >= 0.6 is 0 Å². The van der Waals surface area contributed by atoms with Crippen LogP contribution < -0.4 is 4.74 Å². The Labute approximate surface area is 99.7 Å². The Balaban J connectivity index is 2.88. The molecule has 0 amide bonds. The van der Waals surface area contributed by atoms with E-state index in [0.29, 0.717) is 11.3 Å². The van der Waals surface area contributed by atoms with Crippen LogP contribution in [0.5, 0.6) is 11.5 Å². The zero-order valence-corrected chi connectivity index (χ0v) is 10.0. The first-order valence-corrected chi connectivity index (χ1v) is 5.07. The number of aromatic hydroxyl groups is 1. The molecule has 1 aromatic carbocycles. The topological polar surface area (TPSA) is 68.1 Å². The van der Waals surface area contributed by atoms with Crippen molar-refractivity contribution in [3.8, 4) is 11.5 Å². The minimum Gasteiger partial charge on any atom is -0.504 e. The first-order valence-electron chi connectivity index (χ1n) is 5.07. The summed E-state index contributed by atoms with van der Waals surface area (Å²) in [5, 5.41) is 9.77.